The van der Waals surface area contributed by atoms with Gasteiger partial charge in [-0.15, -0.1) is 0 Å². The minimum atomic E-state index is -1.19. The van der Waals surface area contributed by atoms with Gasteiger partial charge in [0.05, 0.1) is 23.0 Å². The number of benzene rings is 1. The van der Waals surface area contributed by atoms with Crippen molar-refractivity contribution in [1.29, 1.82) is 0 Å². The van der Waals surface area contributed by atoms with Crippen LogP contribution in [0.25, 0.3) is 0 Å². The summed E-state index contributed by atoms with van der Waals surface area (Å²) in [4.78, 5) is 10.8. The number of anilines is 2. The van der Waals surface area contributed by atoms with E-state index in [1.54, 1.807) is 0 Å². The summed E-state index contributed by atoms with van der Waals surface area (Å²) in [6.45, 7) is 1.22. The number of rotatable bonds is 4. The lowest BCUT2D eigenvalue weighted by Gasteiger charge is -2.27. The average Bonchev–Trinajstić information content (AvgIpc) is 2.21. The van der Waals surface area contributed by atoms with Crippen LogP contribution in [0.2, 0.25) is 0 Å². The van der Waals surface area contributed by atoms with Crippen LogP contribution >= 0.6 is 0 Å². The van der Waals surface area contributed by atoms with Crippen LogP contribution in [0.15, 0.2) is 12.1 Å². The molecule has 92 valence electrons. The molecule has 1 unspecified atom stereocenters. The van der Waals surface area contributed by atoms with Gasteiger partial charge in [-0.3, -0.25) is 0 Å². The highest BCUT2D eigenvalue weighted by molar-refractivity contribution is 5.90. The van der Waals surface area contributed by atoms with Gasteiger partial charge in [0.1, 0.15) is 5.82 Å². The monoisotopic (exact) mass is 240 g/mol. The lowest BCUT2D eigenvalue weighted by Crippen LogP contribution is -2.33. The van der Waals surface area contributed by atoms with Crippen LogP contribution in [-0.2, 0) is 4.74 Å². The molecule has 1 atom stereocenters. The molecular weight excluding hydrogens is 227 g/mol. The zero-order valence-electron chi connectivity index (χ0n) is 9.07. The molecule has 1 aliphatic heterocycles. The van der Waals surface area contributed by atoms with Crippen LogP contribution < -0.4 is 11.1 Å². The zero-order valence-corrected chi connectivity index (χ0v) is 9.07. The normalized spacial score (nSPS) is 18.5. The van der Waals surface area contributed by atoms with Crippen LogP contribution in [0, 0.1) is 5.82 Å². The highest BCUT2D eigenvalue weighted by Gasteiger charge is 2.19. The molecule has 0 amide bonds. The number of carbonyl (C=O) groups is 1. The van der Waals surface area contributed by atoms with E-state index in [0.717, 1.165) is 19.1 Å². The van der Waals surface area contributed by atoms with Crippen molar-refractivity contribution in [1.82, 2.24) is 0 Å². The molecular formula is C11H13FN2O3. The molecule has 6 heteroatoms. The van der Waals surface area contributed by atoms with E-state index in [1.807, 2.05) is 0 Å². The maximum atomic E-state index is 13.4. The van der Waals surface area contributed by atoms with E-state index in [1.165, 1.54) is 6.07 Å². The van der Waals surface area contributed by atoms with Crippen molar-refractivity contribution < 1.29 is 19.0 Å². The minimum Gasteiger partial charge on any atom is -0.478 e. The quantitative estimate of drug-likeness (QED) is 0.691. The maximum Gasteiger partial charge on any atom is 0.335 e. The topological polar surface area (TPSA) is 84.6 Å². The summed E-state index contributed by atoms with van der Waals surface area (Å²) in [7, 11) is 0. The number of halogens is 1. The predicted octanol–water partition coefficient (Wildman–Crippen LogP) is 1.31. The third-order valence-electron chi connectivity index (χ3n) is 2.69. The highest BCUT2D eigenvalue weighted by atomic mass is 19.1. The van der Waals surface area contributed by atoms with Crippen LogP contribution in [0.4, 0.5) is 15.8 Å². The van der Waals surface area contributed by atoms with Gasteiger partial charge in [-0.1, -0.05) is 0 Å². The van der Waals surface area contributed by atoms with E-state index in [9.17, 15) is 9.18 Å². The Morgan fingerprint density at radius 2 is 2.35 bits per heavy atom. The second-order valence-electron chi connectivity index (χ2n) is 3.89. The van der Waals surface area contributed by atoms with Crippen molar-refractivity contribution in [3.63, 3.8) is 0 Å². The molecule has 5 nitrogen and oxygen atoms in total. The first-order valence-electron chi connectivity index (χ1n) is 5.25. The number of hydrogen-bond donors (Lipinski definition) is 3. The number of ether oxygens (including phenoxy) is 1. The molecule has 1 heterocycles. The first-order valence-corrected chi connectivity index (χ1v) is 5.25. The number of hydrogen-bond acceptors (Lipinski definition) is 4. The molecule has 17 heavy (non-hydrogen) atoms. The zero-order chi connectivity index (χ0) is 12.4. The lowest BCUT2D eigenvalue weighted by molar-refractivity contribution is -0.0410. The van der Waals surface area contributed by atoms with E-state index < -0.39 is 11.8 Å². The molecule has 0 radical (unpaired) electrons. The molecule has 1 fully saturated rings. The Balaban J connectivity index is 2.15. The van der Waals surface area contributed by atoms with Crippen molar-refractivity contribution >= 4 is 17.3 Å². The third-order valence-corrected chi connectivity index (χ3v) is 2.69. The van der Waals surface area contributed by atoms with Crippen molar-refractivity contribution in [2.45, 2.75) is 12.5 Å². The predicted molar refractivity (Wildman–Crippen MR) is 60.6 cm³/mol. The van der Waals surface area contributed by atoms with Crippen LogP contribution in [0.5, 0.6) is 0 Å². The van der Waals surface area contributed by atoms with Crippen molar-refractivity contribution in [2.24, 2.45) is 0 Å². The molecule has 0 aliphatic carbocycles. The summed E-state index contributed by atoms with van der Waals surface area (Å²) in [5.41, 5.74) is 5.61. The van der Waals surface area contributed by atoms with Crippen LogP contribution in [0.3, 0.4) is 0 Å². The third kappa shape index (κ3) is 2.47. The van der Waals surface area contributed by atoms with Gasteiger partial charge >= 0.3 is 5.97 Å². The summed E-state index contributed by atoms with van der Waals surface area (Å²) < 4.78 is 18.5. The van der Waals surface area contributed by atoms with Gasteiger partial charge in [-0.25, -0.2) is 9.18 Å². The van der Waals surface area contributed by atoms with Crippen molar-refractivity contribution in [3.05, 3.63) is 23.5 Å². The largest absolute Gasteiger partial charge is 0.478 e. The number of carboxylic acids is 1. The Kier molecular flexibility index (Phi) is 3.14. The minimum absolute atomic E-state index is 0.0747. The van der Waals surface area contributed by atoms with E-state index in [-0.39, 0.29) is 23.0 Å². The lowest BCUT2D eigenvalue weighted by atomic mass is 10.1. The number of aromatic carboxylic acids is 1. The summed E-state index contributed by atoms with van der Waals surface area (Å²) in [6.07, 6.45) is 1.03. The second-order valence-corrected chi connectivity index (χ2v) is 3.89. The molecule has 0 spiro atoms. The molecule has 1 aromatic rings. The number of nitrogens with one attached hydrogen (secondary N) is 1. The van der Waals surface area contributed by atoms with Gasteiger partial charge in [0.15, 0.2) is 0 Å². The highest BCUT2D eigenvalue weighted by Crippen LogP contribution is 2.25. The number of nitrogens with two attached hydrogens (primary N) is 1. The summed E-state index contributed by atoms with van der Waals surface area (Å²) in [5, 5.41) is 11.7. The molecule has 1 aromatic carbocycles. The maximum absolute atomic E-state index is 13.4. The van der Waals surface area contributed by atoms with E-state index in [0.29, 0.717) is 6.54 Å². The number of nitrogen functional groups attached to an aromatic ring is 1. The first kappa shape index (κ1) is 11.7. The molecule has 1 saturated heterocycles. The molecule has 0 saturated carbocycles. The Hall–Kier alpha value is -1.82. The summed E-state index contributed by atoms with van der Waals surface area (Å²) >= 11 is 0. The molecule has 4 N–H and O–H groups in total. The smallest absolute Gasteiger partial charge is 0.335 e. The SMILES string of the molecule is Nc1c(F)cc(C(=O)O)cc1NCC1CCO1. The fraction of sp³-hybridized carbons (Fsp3) is 0.364. The molecule has 0 aromatic heterocycles. The van der Waals surface area contributed by atoms with Gasteiger partial charge < -0.3 is 20.9 Å². The molecule has 2 rings (SSSR count). The standard InChI is InChI=1S/C11H13FN2O3/c12-8-3-6(11(15)16)4-9(10(8)13)14-5-7-1-2-17-7/h3-4,7,14H,1-2,5,13H2,(H,15,16). The fourth-order valence-electron chi connectivity index (χ4n) is 1.56. The Morgan fingerprint density at radius 1 is 1.65 bits per heavy atom. The van der Waals surface area contributed by atoms with E-state index in [4.69, 9.17) is 15.6 Å². The summed E-state index contributed by atoms with van der Waals surface area (Å²) in [6, 6.07) is 2.22. The van der Waals surface area contributed by atoms with Gasteiger partial charge in [-0.05, 0) is 18.6 Å². The number of carboxylic acid groups (broad SMARTS) is 1. The van der Waals surface area contributed by atoms with Crippen LogP contribution in [0.1, 0.15) is 16.8 Å². The van der Waals surface area contributed by atoms with E-state index >= 15 is 0 Å². The average molecular weight is 240 g/mol. The molecule has 1 aliphatic rings. The van der Waals surface area contributed by atoms with Crippen molar-refractivity contribution in [2.75, 3.05) is 24.2 Å². The Labute approximate surface area is 97.4 Å². The van der Waals surface area contributed by atoms with Gasteiger partial charge in [-0.2, -0.15) is 0 Å². The Morgan fingerprint density at radius 3 is 2.88 bits per heavy atom. The molecule has 0 bridgehead atoms. The van der Waals surface area contributed by atoms with E-state index in [2.05, 4.69) is 5.32 Å². The van der Waals surface area contributed by atoms with Gasteiger partial charge in [0.25, 0.3) is 0 Å². The summed E-state index contributed by atoms with van der Waals surface area (Å²) in [5.74, 6) is -1.92. The second kappa shape index (κ2) is 4.58. The Bertz CT molecular complexity index is 447. The van der Waals surface area contributed by atoms with Crippen LogP contribution in [-0.4, -0.2) is 30.3 Å². The van der Waals surface area contributed by atoms with Gasteiger partial charge in [0, 0.05) is 13.2 Å². The van der Waals surface area contributed by atoms with Crippen molar-refractivity contribution in [3.8, 4) is 0 Å². The first-order chi connectivity index (χ1) is 8.08. The van der Waals surface area contributed by atoms with Gasteiger partial charge in [0.2, 0.25) is 0 Å². The fourth-order valence-corrected chi connectivity index (χ4v) is 1.56.